The first kappa shape index (κ1) is 23.6. The van der Waals surface area contributed by atoms with Crippen molar-refractivity contribution >= 4 is 0 Å². The monoisotopic (exact) mass is 442 g/mol. The standard InChI is InChI=1S/C24H30F4O3/c1-2-3-4-17-5-14-22(30-15-17)18-6-8-19(9-7-18)24(27,28)31-21-12-10-20(11-13-21)29-16-23(25)26/h2,10-13,16-19,22H,1,3-9,14-15H2. The van der Waals surface area contributed by atoms with Gasteiger partial charge in [-0.05, 0) is 87.5 Å². The minimum absolute atomic E-state index is 0.0228. The van der Waals surface area contributed by atoms with Gasteiger partial charge in [0.1, 0.15) is 11.5 Å². The number of benzene rings is 1. The largest absolute Gasteiger partial charge is 0.459 e. The quantitative estimate of drug-likeness (QED) is 0.227. The smallest absolute Gasteiger partial charge is 0.400 e. The molecule has 1 aromatic rings. The van der Waals surface area contributed by atoms with Crippen molar-refractivity contribution in [2.24, 2.45) is 17.8 Å². The number of allylic oxidation sites excluding steroid dienone is 1. The Morgan fingerprint density at radius 3 is 2.29 bits per heavy atom. The number of halogens is 4. The van der Waals surface area contributed by atoms with Crippen LogP contribution in [0.3, 0.4) is 0 Å². The molecular formula is C24H30F4O3. The molecule has 0 bridgehead atoms. The molecule has 1 aromatic carbocycles. The Balaban J connectivity index is 1.45. The molecule has 2 unspecified atom stereocenters. The molecule has 1 aliphatic carbocycles. The second-order valence-corrected chi connectivity index (χ2v) is 8.45. The highest BCUT2D eigenvalue weighted by molar-refractivity contribution is 5.32. The van der Waals surface area contributed by atoms with E-state index in [0.29, 0.717) is 43.8 Å². The maximum absolute atomic E-state index is 14.7. The van der Waals surface area contributed by atoms with Gasteiger partial charge in [0.15, 0.2) is 6.26 Å². The zero-order valence-electron chi connectivity index (χ0n) is 17.6. The first-order valence-corrected chi connectivity index (χ1v) is 10.9. The van der Waals surface area contributed by atoms with Gasteiger partial charge < -0.3 is 14.2 Å². The van der Waals surface area contributed by atoms with Crippen LogP contribution in [0.4, 0.5) is 17.6 Å². The van der Waals surface area contributed by atoms with E-state index in [9.17, 15) is 17.6 Å². The van der Waals surface area contributed by atoms with Gasteiger partial charge in [0.25, 0.3) is 0 Å². The predicted octanol–water partition coefficient (Wildman–Crippen LogP) is 7.34. The number of alkyl halides is 2. The number of ether oxygens (including phenoxy) is 3. The third-order valence-corrected chi connectivity index (χ3v) is 6.32. The molecule has 31 heavy (non-hydrogen) atoms. The zero-order chi connectivity index (χ0) is 22.3. The minimum atomic E-state index is -3.29. The SMILES string of the molecule is C=CCCC1CCC(C2CCC(C(F)(F)Oc3ccc(OC=C(F)F)cc3)CC2)OC1. The van der Waals surface area contributed by atoms with Crippen LogP contribution in [-0.4, -0.2) is 18.8 Å². The maximum atomic E-state index is 14.7. The van der Waals surface area contributed by atoms with Crippen molar-refractivity contribution in [2.75, 3.05) is 6.61 Å². The van der Waals surface area contributed by atoms with E-state index in [1.54, 1.807) is 0 Å². The first-order chi connectivity index (χ1) is 14.9. The fraction of sp³-hybridized carbons (Fsp3) is 0.583. The summed E-state index contributed by atoms with van der Waals surface area (Å²) in [7, 11) is 0. The van der Waals surface area contributed by atoms with Crippen molar-refractivity contribution in [3.63, 3.8) is 0 Å². The molecule has 2 atom stereocenters. The molecule has 1 saturated carbocycles. The van der Waals surface area contributed by atoms with Gasteiger partial charge in [-0.15, -0.1) is 6.58 Å². The molecule has 0 N–H and O–H groups in total. The average Bonchev–Trinajstić information content (AvgIpc) is 2.77. The zero-order valence-corrected chi connectivity index (χ0v) is 17.6. The van der Waals surface area contributed by atoms with Crippen molar-refractivity contribution in [3.8, 4) is 11.5 Å². The van der Waals surface area contributed by atoms with Crippen molar-refractivity contribution in [1.29, 1.82) is 0 Å². The lowest BCUT2D eigenvalue weighted by Gasteiger charge is -2.39. The number of rotatable bonds is 9. The van der Waals surface area contributed by atoms with Crippen LogP contribution in [0.2, 0.25) is 0 Å². The van der Waals surface area contributed by atoms with Crippen LogP contribution in [-0.2, 0) is 4.74 Å². The lowest BCUT2D eigenvalue weighted by Crippen LogP contribution is -2.40. The van der Waals surface area contributed by atoms with Gasteiger partial charge in [-0.3, -0.25) is 0 Å². The molecule has 0 spiro atoms. The molecule has 0 amide bonds. The highest BCUT2D eigenvalue weighted by atomic mass is 19.3. The predicted molar refractivity (Wildman–Crippen MR) is 110 cm³/mol. The Bertz CT molecular complexity index is 715. The van der Waals surface area contributed by atoms with Gasteiger partial charge in [0.2, 0.25) is 0 Å². The molecule has 1 saturated heterocycles. The summed E-state index contributed by atoms with van der Waals surface area (Å²) in [6, 6.07) is 5.20. The molecular weight excluding hydrogens is 412 g/mol. The molecule has 7 heteroatoms. The summed E-state index contributed by atoms with van der Waals surface area (Å²) in [5.74, 6) is 0.139. The van der Waals surface area contributed by atoms with Crippen molar-refractivity contribution in [1.82, 2.24) is 0 Å². The summed E-state index contributed by atoms with van der Waals surface area (Å²) >= 11 is 0. The Labute approximate surface area is 181 Å². The molecule has 3 rings (SSSR count). The topological polar surface area (TPSA) is 27.7 Å². The summed E-state index contributed by atoms with van der Waals surface area (Å²) in [5.41, 5.74) is 0. The molecule has 1 aliphatic heterocycles. The van der Waals surface area contributed by atoms with Gasteiger partial charge in [0, 0.05) is 6.61 Å². The van der Waals surface area contributed by atoms with E-state index in [4.69, 9.17) is 14.2 Å². The third kappa shape index (κ3) is 6.99. The van der Waals surface area contributed by atoms with Gasteiger partial charge >= 0.3 is 12.2 Å². The Hall–Kier alpha value is -2.02. The average molecular weight is 442 g/mol. The van der Waals surface area contributed by atoms with E-state index < -0.39 is 18.1 Å². The third-order valence-electron chi connectivity index (χ3n) is 6.32. The lowest BCUT2D eigenvalue weighted by molar-refractivity contribution is -0.225. The lowest BCUT2D eigenvalue weighted by atomic mass is 9.76. The molecule has 0 radical (unpaired) electrons. The number of hydrogen-bond donors (Lipinski definition) is 0. The van der Waals surface area contributed by atoms with E-state index in [-0.39, 0.29) is 17.6 Å². The fourth-order valence-corrected chi connectivity index (χ4v) is 4.55. The van der Waals surface area contributed by atoms with E-state index in [1.165, 1.54) is 24.3 Å². The highest BCUT2D eigenvalue weighted by Crippen LogP contribution is 2.43. The molecule has 0 aromatic heterocycles. The van der Waals surface area contributed by atoms with Gasteiger partial charge in [-0.1, -0.05) is 6.08 Å². The summed E-state index contributed by atoms with van der Waals surface area (Å²) < 4.78 is 69.2. The highest BCUT2D eigenvalue weighted by Gasteiger charge is 2.45. The van der Waals surface area contributed by atoms with Crippen LogP contribution >= 0.6 is 0 Å². The fourth-order valence-electron chi connectivity index (χ4n) is 4.55. The second kappa shape index (κ2) is 11.0. The Kier molecular flexibility index (Phi) is 8.41. The van der Waals surface area contributed by atoms with E-state index in [0.717, 1.165) is 32.3 Å². The van der Waals surface area contributed by atoms with Crippen LogP contribution in [0.5, 0.6) is 11.5 Å². The van der Waals surface area contributed by atoms with E-state index in [2.05, 4.69) is 6.58 Å². The van der Waals surface area contributed by atoms with Gasteiger partial charge in [0.05, 0.1) is 12.0 Å². The van der Waals surface area contributed by atoms with Crippen molar-refractivity contribution in [3.05, 3.63) is 49.3 Å². The summed E-state index contributed by atoms with van der Waals surface area (Å²) in [6.45, 7) is 4.51. The molecule has 2 aliphatic rings. The summed E-state index contributed by atoms with van der Waals surface area (Å²) in [5, 5.41) is 0. The maximum Gasteiger partial charge on any atom is 0.400 e. The Morgan fingerprint density at radius 1 is 1.03 bits per heavy atom. The number of hydrogen-bond acceptors (Lipinski definition) is 3. The molecule has 172 valence electrons. The van der Waals surface area contributed by atoms with Crippen molar-refractivity contribution in [2.45, 2.75) is 63.6 Å². The van der Waals surface area contributed by atoms with E-state index in [1.807, 2.05) is 6.08 Å². The first-order valence-electron chi connectivity index (χ1n) is 10.9. The van der Waals surface area contributed by atoms with Crippen molar-refractivity contribution < 1.29 is 31.8 Å². The normalized spacial score (nSPS) is 26.7. The molecule has 2 fully saturated rings. The van der Waals surface area contributed by atoms with Gasteiger partial charge in [-0.25, -0.2) is 0 Å². The van der Waals surface area contributed by atoms with Crippen LogP contribution in [0, 0.1) is 17.8 Å². The van der Waals surface area contributed by atoms with Gasteiger partial charge in [-0.2, -0.15) is 17.6 Å². The van der Waals surface area contributed by atoms with Crippen LogP contribution in [0.15, 0.2) is 49.3 Å². The Morgan fingerprint density at radius 2 is 1.71 bits per heavy atom. The molecule has 3 nitrogen and oxygen atoms in total. The minimum Gasteiger partial charge on any atom is -0.459 e. The molecule has 1 heterocycles. The van der Waals surface area contributed by atoms with Crippen LogP contribution < -0.4 is 9.47 Å². The van der Waals surface area contributed by atoms with Crippen LogP contribution in [0.1, 0.15) is 51.4 Å². The summed E-state index contributed by atoms with van der Waals surface area (Å²) in [4.78, 5) is 0. The summed E-state index contributed by atoms with van der Waals surface area (Å²) in [6.07, 6.45) is 3.55. The second-order valence-electron chi connectivity index (χ2n) is 8.45. The van der Waals surface area contributed by atoms with E-state index >= 15 is 0 Å². The van der Waals surface area contributed by atoms with Crippen LogP contribution in [0.25, 0.3) is 0 Å².